The second-order valence-electron chi connectivity index (χ2n) is 5.60. The zero-order valence-corrected chi connectivity index (χ0v) is 13.4. The summed E-state index contributed by atoms with van der Waals surface area (Å²) >= 11 is 0. The highest BCUT2D eigenvalue weighted by Crippen LogP contribution is 2.20. The van der Waals surface area contributed by atoms with Crippen molar-refractivity contribution in [3.8, 4) is 0 Å². The second kappa shape index (κ2) is 7.40. The van der Waals surface area contributed by atoms with Crippen LogP contribution in [0.1, 0.15) is 28.9 Å². The standard InChI is InChI=1S/C18H19FN2O3/c1-13(14-2-5-16(19)6-3-14)24-18(22)15-4-7-17(20-12-15)21-8-10-23-11-9-21/h2-7,12-13H,8-11H2,1H3. The number of pyridine rings is 1. The van der Waals surface area contributed by atoms with Gasteiger partial charge < -0.3 is 14.4 Å². The Kier molecular flexibility index (Phi) is 5.05. The van der Waals surface area contributed by atoms with Gasteiger partial charge >= 0.3 is 5.97 Å². The molecule has 1 aromatic carbocycles. The van der Waals surface area contributed by atoms with Crippen LogP contribution in [0.3, 0.4) is 0 Å². The number of benzene rings is 1. The van der Waals surface area contributed by atoms with Gasteiger partial charge in [0.2, 0.25) is 0 Å². The van der Waals surface area contributed by atoms with Gasteiger partial charge in [-0.3, -0.25) is 0 Å². The van der Waals surface area contributed by atoms with E-state index in [1.165, 1.54) is 18.3 Å². The maximum Gasteiger partial charge on any atom is 0.340 e. The van der Waals surface area contributed by atoms with Crippen molar-refractivity contribution < 1.29 is 18.7 Å². The summed E-state index contributed by atoms with van der Waals surface area (Å²) in [5.41, 5.74) is 1.13. The van der Waals surface area contributed by atoms with Crippen molar-refractivity contribution in [3.05, 3.63) is 59.5 Å². The molecule has 1 atom stereocenters. The summed E-state index contributed by atoms with van der Waals surface area (Å²) in [6, 6.07) is 9.42. The van der Waals surface area contributed by atoms with E-state index < -0.39 is 12.1 Å². The number of carbonyl (C=O) groups excluding carboxylic acids is 1. The van der Waals surface area contributed by atoms with Gasteiger partial charge in [-0.05, 0) is 36.8 Å². The number of ether oxygens (including phenoxy) is 2. The van der Waals surface area contributed by atoms with Crippen LogP contribution in [0.25, 0.3) is 0 Å². The molecule has 0 bridgehead atoms. The van der Waals surface area contributed by atoms with Crippen molar-refractivity contribution in [3.63, 3.8) is 0 Å². The number of carbonyl (C=O) groups is 1. The van der Waals surface area contributed by atoms with Crippen LogP contribution in [0.5, 0.6) is 0 Å². The molecule has 0 amide bonds. The predicted molar refractivity (Wildman–Crippen MR) is 87.5 cm³/mol. The smallest absolute Gasteiger partial charge is 0.340 e. The van der Waals surface area contributed by atoms with Gasteiger partial charge in [-0.1, -0.05) is 12.1 Å². The van der Waals surface area contributed by atoms with E-state index in [0.717, 1.165) is 24.5 Å². The van der Waals surface area contributed by atoms with Crippen LogP contribution in [0, 0.1) is 5.82 Å². The first kappa shape index (κ1) is 16.4. The van der Waals surface area contributed by atoms with Gasteiger partial charge in [0.15, 0.2) is 0 Å². The Morgan fingerprint density at radius 2 is 1.92 bits per heavy atom. The van der Waals surface area contributed by atoms with Crippen LogP contribution in [-0.4, -0.2) is 37.3 Å². The van der Waals surface area contributed by atoms with Gasteiger partial charge in [-0.2, -0.15) is 0 Å². The Bertz CT molecular complexity index is 682. The molecule has 126 valence electrons. The number of esters is 1. The van der Waals surface area contributed by atoms with Gasteiger partial charge in [0.25, 0.3) is 0 Å². The number of morpholine rings is 1. The number of anilines is 1. The molecule has 5 nitrogen and oxygen atoms in total. The molecule has 3 rings (SSSR count). The van der Waals surface area contributed by atoms with Gasteiger partial charge in [-0.25, -0.2) is 14.2 Å². The summed E-state index contributed by atoms with van der Waals surface area (Å²) in [6.45, 7) is 4.69. The predicted octanol–water partition coefficient (Wildman–Crippen LogP) is 2.98. The van der Waals surface area contributed by atoms with Gasteiger partial charge in [0, 0.05) is 19.3 Å². The topological polar surface area (TPSA) is 51.7 Å². The third-order valence-corrected chi connectivity index (χ3v) is 3.94. The molecule has 0 radical (unpaired) electrons. The zero-order valence-electron chi connectivity index (χ0n) is 13.4. The minimum atomic E-state index is -0.461. The minimum absolute atomic E-state index is 0.319. The summed E-state index contributed by atoms with van der Waals surface area (Å²) in [5.74, 6) is 0.0504. The van der Waals surface area contributed by atoms with E-state index in [4.69, 9.17) is 9.47 Å². The molecule has 2 heterocycles. The maximum atomic E-state index is 12.9. The van der Waals surface area contributed by atoms with E-state index in [1.54, 1.807) is 25.1 Å². The first-order valence-corrected chi connectivity index (χ1v) is 7.88. The Balaban J connectivity index is 1.63. The van der Waals surface area contributed by atoms with Crippen molar-refractivity contribution in [2.24, 2.45) is 0 Å². The average Bonchev–Trinajstić information content (AvgIpc) is 2.63. The molecular weight excluding hydrogens is 311 g/mol. The SMILES string of the molecule is CC(OC(=O)c1ccc(N2CCOCC2)nc1)c1ccc(F)cc1. The molecule has 6 heteroatoms. The molecule has 1 saturated heterocycles. The highest BCUT2D eigenvalue weighted by Gasteiger charge is 2.16. The molecule has 1 aliphatic heterocycles. The molecule has 0 aliphatic carbocycles. The normalized spacial score (nSPS) is 15.8. The maximum absolute atomic E-state index is 12.9. The van der Waals surface area contributed by atoms with E-state index in [1.807, 2.05) is 6.07 Å². The van der Waals surface area contributed by atoms with Crippen molar-refractivity contribution in [2.75, 3.05) is 31.2 Å². The van der Waals surface area contributed by atoms with E-state index in [-0.39, 0.29) is 5.82 Å². The molecule has 1 fully saturated rings. The van der Waals surface area contributed by atoms with E-state index >= 15 is 0 Å². The number of aromatic nitrogens is 1. The number of hydrogen-bond acceptors (Lipinski definition) is 5. The van der Waals surface area contributed by atoms with E-state index in [0.29, 0.717) is 18.8 Å². The molecule has 2 aromatic rings. The highest BCUT2D eigenvalue weighted by molar-refractivity contribution is 5.89. The van der Waals surface area contributed by atoms with Crippen LogP contribution in [0.4, 0.5) is 10.2 Å². The third-order valence-electron chi connectivity index (χ3n) is 3.94. The minimum Gasteiger partial charge on any atom is -0.454 e. The Labute approximate surface area is 140 Å². The third kappa shape index (κ3) is 3.89. The Morgan fingerprint density at radius 1 is 1.21 bits per heavy atom. The summed E-state index contributed by atoms with van der Waals surface area (Å²) in [7, 11) is 0. The lowest BCUT2D eigenvalue weighted by Crippen LogP contribution is -2.36. The summed E-state index contributed by atoms with van der Waals surface area (Å²) in [4.78, 5) is 18.7. The molecule has 24 heavy (non-hydrogen) atoms. The lowest BCUT2D eigenvalue weighted by Gasteiger charge is -2.27. The summed E-state index contributed by atoms with van der Waals surface area (Å²) < 4.78 is 23.7. The van der Waals surface area contributed by atoms with Crippen molar-refractivity contribution in [1.82, 2.24) is 4.98 Å². The quantitative estimate of drug-likeness (QED) is 0.807. The highest BCUT2D eigenvalue weighted by atomic mass is 19.1. The molecule has 0 spiro atoms. The number of hydrogen-bond donors (Lipinski definition) is 0. The largest absolute Gasteiger partial charge is 0.454 e. The number of nitrogens with zero attached hydrogens (tertiary/aromatic N) is 2. The fourth-order valence-electron chi connectivity index (χ4n) is 2.52. The summed E-state index contributed by atoms with van der Waals surface area (Å²) in [6.07, 6.45) is 1.06. The molecular formula is C18H19FN2O3. The van der Waals surface area contributed by atoms with E-state index in [9.17, 15) is 9.18 Å². The lowest BCUT2D eigenvalue weighted by atomic mass is 10.1. The first-order chi connectivity index (χ1) is 11.6. The van der Waals surface area contributed by atoms with Crippen LogP contribution in [0.15, 0.2) is 42.6 Å². The second-order valence-corrected chi connectivity index (χ2v) is 5.60. The molecule has 1 aliphatic rings. The number of halogens is 1. The van der Waals surface area contributed by atoms with Gasteiger partial charge in [-0.15, -0.1) is 0 Å². The van der Waals surface area contributed by atoms with Crippen molar-refractivity contribution in [1.29, 1.82) is 0 Å². The van der Waals surface area contributed by atoms with Crippen LogP contribution in [0.2, 0.25) is 0 Å². The fourth-order valence-corrected chi connectivity index (χ4v) is 2.52. The first-order valence-electron chi connectivity index (χ1n) is 7.88. The molecule has 1 aromatic heterocycles. The average molecular weight is 330 g/mol. The Hall–Kier alpha value is -2.47. The Morgan fingerprint density at radius 3 is 2.54 bits per heavy atom. The molecule has 1 unspecified atom stereocenters. The van der Waals surface area contributed by atoms with Crippen LogP contribution in [-0.2, 0) is 9.47 Å². The number of rotatable bonds is 4. The van der Waals surface area contributed by atoms with Crippen LogP contribution < -0.4 is 4.90 Å². The van der Waals surface area contributed by atoms with Crippen LogP contribution >= 0.6 is 0 Å². The van der Waals surface area contributed by atoms with E-state index in [2.05, 4.69) is 9.88 Å². The monoisotopic (exact) mass is 330 g/mol. The van der Waals surface area contributed by atoms with Gasteiger partial charge in [0.1, 0.15) is 17.7 Å². The van der Waals surface area contributed by atoms with Crippen molar-refractivity contribution >= 4 is 11.8 Å². The summed E-state index contributed by atoms with van der Waals surface area (Å²) in [5, 5.41) is 0. The lowest BCUT2D eigenvalue weighted by molar-refractivity contribution is 0.0337. The van der Waals surface area contributed by atoms with Crippen molar-refractivity contribution in [2.45, 2.75) is 13.0 Å². The van der Waals surface area contributed by atoms with Gasteiger partial charge in [0.05, 0.1) is 18.8 Å². The fraction of sp³-hybridized carbons (Fsp3) is 0.333. The molecule has 0 N–H and O–H groups in total. The molecule has 0 saturated carbocycles. The zero-order chi connectivity index (χ0) is 16.9.